The zero-order chi connectivity index (χ0) is 29.7. The van der Waals surface area contributed by atoms with Crippen LogP contribution in [0.4, 0.5) is 17.1 Å². The molecule has 0 bridgehead atoms. The molecule has 0 atom stereocenters. The van der Waals surface area contributed by atoms with Crippen LogP contribution in [-0.4, -0.2) is 50.9 Å². The van der Waals surface area contributed by atoms with E-state index in [1.54, 1.807) is 0 Å². The molecule has 218 valence electrons. The van der Waals surface area contributed by atoms with Crippen LogP contribution in [0.2, 0.25) is 0 Å². The van der Waals surface area contributed by atoms with Crippen LogP contribution < -0.4 is 27.8 Å². The molecular weight excluding hydrogens is 549 g/mol. The predicted molar refractivity (Wildman–Crippen MR) is 182 cm³/mol. The summed E-state index contributed by atoms with van der Waals surface area (Å²) in [5, 5.41) is 0. The van der Waals surface area contributed by atoms with Gasteiger partial charge in [-0.05, 0) is 0 Å². The fraction of sp³-hybridized carbons (Fsp3) is 0.500. The fourth-order valence-corrected chi connectivity index (χ4v) is 12.2. The van der Waals surface area contributed by atoms with Gasteiger partial charge in [-0.2, -0.15) is 0 Å². The number of benzene rings is 3. The Kier molecular flexibility index (Phi) is 11.2. The van der Waals surface area contributed by atoms with E-state index in [4.69, 9.17) is 0 Å². The van der Waals surface area contributed by atoms with Crippen LogP contribution in [0, 0.1) is 0 Å². The minimum atomic E-state index is -2.07. The Hall–Kier alpha value is -2.38. The molecule has 0 aliphatic heterocycles. The van der Waals surface area contributed by atoms with Crippen molar-refractivity contribution in [2.45, 2.75) is 119 Å². The van der Waals surface area contributed by atoms with Gasteiger partial charge in [0.1, 0.15) is 0 Å². The normalized spacial score (nSPS) is 12.1. The Morgan fingerprint density at radius 1 is 0.350 bits per heavy atom. The number of hydrogen-bond donors (Lipinski definition) is 0. The average molecular weight is 604 g/mol. The molecule has 0 heterocycles. The van der Waals surface area contributed by atoms with Crippen LogP contribution in [-0.2, 0) is 0 Å². The van der Waals surface area contributed by atoms with Crippen molar-refractivity contribution in [3.63, 3.8) is 0 Å². The van der Waals surface area contributed by atoms with Gasteiger partial charge < -0.3 is 0 Å². The van der Waals surface area contributed by atoms with Gasteiger partial charge in [0.15, 0.2) is 0 Å². The van der Waals surface area contributed by atoms with E-state index in [0.717, 1.165) is 0 Å². The molecule has 40 heavy (non-hydrogen) atoms. The summed E-state index contributed by atoms with van der Waals surface area (Å²) in [6.45, 7) is 27.9. The first-order valence-electron chi connectivity index (χ1n) is 15.3. The summed E-state index contributed by atoms with van der Waals surface area (Å²) >= 11 is -2.07. The SMILES string of the molecule is CC(C)N(c1ccccc1[As](c1ccccc1N(C(C)C)C(C)C)c1ccccc1N(C(C)C)C(C)C)C(C)C. The molecule has 0 saturated carbocycles. The number of para-hydroxylation sites is 3. The fourth-order valence-electron chi connectivity index (χ4n) is 6.46. The maximum absolute atomic E-state index is 2.62. The Balaban J connectivity index is 2.48. The molecule has 0 amide bonds. The van der Waals surface area contributed by atoms with Crippen LogP contribution in [0.25, 0.3) is 0 Å². The maximum atomic E-state index is 2.62. The first-order valence-corrected chi connectivity index (χ1v) is 18.1. The van der Waals surface area contributed by atoms with Crippen molar-refractivity contribution in [1.82, 2.24) is 0 Å². The third-order valence-electron chi connectivity index (χ3n) is 7.54. The Labute approximate surface area is 250 Å². The summed E-state index contributed by atoms with van der Waals surface area (Å²) in [4.78, 5) is 7.86. The van der Waals surface area contributed by atoms with Gasteiger partial charge in [0.05, 0.1) is 0 Å². The molecule has 0 radical (unpaired) electrons. The second-order valence-electron chi connectivity index (χ2n) is 12.6. The molecule has 0 unspecified atom stereocenters. The van der Waals surface area contributed by atoms with Crippen molar-refractivity contribution in [2.24, 2.45) is 0 Å². The van der Waals surface area contributed by atoms with Gasteiger partial charge in [-0.15, -0.1) is 0 Å². The van der Waals surface area contributed by atoms with Crippen molar-refractivity contribution >= 4 is 44.8 Å². The van der Waals surface area contributed by atoms with Crippen LogP contribution in [0.15, 0.2) is 72.8 Å². The number of rotatable bonds is 12. The molecule has 3 rings (SSSR count). The van der Waals surface area contributed by atoms with Gasteiger partial charge in [-0.3, -0.25) is 0 Å². The molecule has 0 aliphatic carbocycles. The molecule has 0 aliphatic rings. The van der Waals surface area contributed by atoms with Crippen molar-refractivity contribution in [3.8, 4) is 0 Å². The average Bonchev–Trinajstić information content (AvgIpc) is 2.86. The number of anilines is 3. The van der Waals surface area contributed by atoms with Crippen LogP contribution in [0.5, 0.6) is 0 Å². The van der Waals surface area contributed by atoms with E-state index in [9.17, 15) is 0 Å². The van der Waals surface area contributed by atoms with Crippen molar-refractivity contribution in [2.75, 3.05) is 14.7 Å². The van der Waals surface area contributed by atoms with Crippen LogP contribution in [0.3, 0.4) is 0 Å². The van der Waals surface area contributed by atoms with Crippen molar-refractivity contribution in [3.05, 3.63) is 72.8 Å². The zero-order valence-electron chi connectivity index (χ0n) is 27.2. The molecule has 3 aromatic rings. The molecule has 4 heteroatoms. The molecule has 0 aromatic heterocycles. The third-order valence-corrected chi connectivity index (χ3v) is 13.0. The van der Waals surface area contributed by atoms with E-state index in [0.29, 0.717) is 36.3 Å². The second-order valence-corrected chi connectivity index (χ2v) is 17.0. The Morgan fingerprint density at radius 2 is 0.550 bits per heavy atom. The topological polar surface area (TPSA) is 9.72 Å². The van der Waals surface area contributed by atoms with E-state index < -0.39 is 14.7 Å². The summed E-state index contributed by atoms with van der Waals surface area (Å²) < 4.78 is 4.53. The van der Waals surface area contributed by atoms with Gasteiger partial charge in [-0.1, -0.05) is 0 Å². The summed E-state index contributed by atoms with van der Waals surface area (Å²) in [6, 6.07) is 30.3. The number of nitrogens with zero attached hydrogens (tertiary/aromatic N) is 3. The molecule has 0 fully saturated rings. The second kappa shape index (κ2) is 14.0. The summed E-state index contributed by atoms with van der Waals surface area (Å²) in [6.07, 6.45) is 0. The van der Waals surface area contributed by atoms with E-state index in [1.807, 2.05) is 0 Å². The van der Waals surface area contributed by atoms with Crippen molar-refractivity contribution in [1.29, 1.82) is 0 Å². The first-order chi connectivity index (χ1) is 18.9. The predicted octanol–water partition coefficient (Wildman–Crippen LogP) is 7.07. The van der Waals surface area contributed by atoms with Gasteiger partial charge in [-0.25, -0.2) is 0 Å². The monoisotopic (exact) mass is 603 g/mol. The number of hydrogen-bond acceptors (Lipinski definition) is 3. The molecule has 0 saturated heterocycles. The van der Waals surface area contributed by atoms with Gasteiger partial charge >= 0.3 is 252 Å². The van der Waals surface area contributed by atoms with Crippen molar-refractivity contribution < 1.29 is 0 Å². The minimum absolute atomic E-state index is 0.410. The first kappa shape index (κ1) is 32.1. The van der Waals surface area contributed by atoms with E-state index in [2.05, 4.69) is 171 Å². The summed E-state index contributed by atoms with van der Waals surface area (Å²) in [5.74, 6) is 0. The van der Waals surface area contributed by atoms with Crippen LogP contribution >= 0.6 is 0 Å². The molecule has 3 aromatic carbocycles. The molecule has 0 N–H and O–H groups in total. The van der Waals surface area contributed by atoms with Gasteiger partial charge in [0, 0.05) is 0 Å². The van der Waals surface area contributed by atoms with Crippen LogP contribution in [0.1, 0.15) is 83.1 Å². The van der Waals surface area contributed by atoms with E-state index in [1.165, 1.54) is 30.1 Å². The zero-order valence-corrected chi connectivity index (χ0v) is 29.1. The molecule has 3 nitrogen and oxygen atoms in total. The molecular formula is C36H54AsN3. The van der Waals surface area contributed by atoms with E-state index in [-0.39, 0.29) is 0 Å². The third kappa shape index (κ3) is 6.91. The van der Waals surface area contributed by atoms with E-state index >= 15 is 0 Å². The van der Waals surface area contributed by atoms with Gasteiger partial charge in [0.2, 0.25) is 0 Å². The standard InChI is InChI=1S/C36H54AsN3/c1-25(2)38(26(3)4)34-22-16-13-19-31(34)37(32-20-14-17-23-35(32)39(27(5)6)28(7)8)33-21-15-18-24-36(33)40(29(9)10)30(11)12/h13-30H,1-12H3. The van der Waals surface area contributed by atoms with Gasteiger partial charge in [0.25, 0.3) is 0 Å². The Morgan fingerprint density at radius 3 is 0.750 bits per heavy atom. The Bertz CT molecular complexity index is 1040. The summed E-state index contributed by atoms with van der Waals surface area (Å²) in [7, 11) is 0. The quantitative estimate of drug-likeness (QED) is 0.205. The summed E-state index contributed by atoms with van der Waals surface area (Å²) in [5.41, 5.74) is 4.16. The molecule has 0 spiro atoms.